The molecule has 1 aliphatic rings. The summed E-state index contributed by atoms with van der Waals surface area (Å²) in [5.74, 6) is 0. The number of fused-ring (bicyclic) bond motifs is 1. The number of ether oxygens (including phenoxy) is 1. The average Bonchev–Trinajstić information content (AvgIpc) is 3.13. The Balaban J connectivity index is 0.00000126. The summed E-state index contributed by atoms with van der Waals surface area (Å²) in [5.41, 5.74) is 2.81. The van der Waals surface area contributed by atoms with Crippen LogP contribution in [0, 0.1) is 0 Å². The molecular weight excluding hydrogens is 364 g/mol. The molecule has 1 aromatic carbocycles. The third kappa shape index (κ3) is 6.64. The van der Waals surface area contributed by atoms with Crippen LogP contribution in [0.4, 0.5) is 16.2 Å². The van der Waals surface area contributed by atoms with Crippen molar-refractivity contribution >= 4 is 29.1 Å². The predicted octanol–water partition coefficient (Wildman–Crippen LogP) is 5.02. The van der Waals surface area contributed by atoms with Gasteiger partial charge in [-0.25, -0.2) is 9.78 Å². The van der Waals surface area contributed by atoms with Crippen molar-refractivity contribution in [1.29, 1.82) is 0 Å². The zero-order chi connectivity index (χ0) is 19.5. The zero-order valence-corrected chi connectivity index (χ0v) is 16.6. The number of carbonyl (C=O) groups is 1. The molecule has 0 saturated carbocycles. The number of unbranched alkanes of at least 4 members (excludes halogenated alkanes) is 1. The van der Waals surface area contributed by atoms with Gasteiger partial charge in [0.15, 0.2) is 5.15 Å². The molecule has 6 nitrogen and oxygen atoms in total. The number of aromatic nitrogens is 1. The lowest BCUT2D eigenvalue weighted by Crippen LogP contribution is -2.26. The van der Waals surface area contributed by atoms with Gasteiger partial charge in [-0.1, -0.05) is 55.8 Å². The van der Waals surface area contributed by atoms with Crippen molar-refractivity contribution < 1.29 is 9.53 Å². The fourth-order valence-corrected chi connectivity index (χ4v) is 2.89. The molecule has 1 aliphatic heterocycles. The molecular formula is C20H27ClN4O2. The van der Waals surface area contributed by atoms with Gasteiger partial charge in [0.1, 0.15) is 6.61 Å². The molecule has 1 aromatic heterocycles. The molecule has 2 aromatic rings. The molecule has 2 heterocycles. The largest absolute Gasteiger partial charge is 0.445 e. The number of benzene rings is 1. The van der Waals surface area contributed by atoms with E-state index in [4.69, 9.17) is 16.3 Å². The van der Waals surface area contributed by atoms with Gasteiger partial charge in [0, 0.05) is 12.7 Å². The van der Waals surface area contributed by atoms with Crippen molar-refractivity contribution in [3.05, 3.63) is 53.3 Å². The van der Waals surface area contributed by atoms with E-state index < -0.39 is 0 Å². The second kappa shape index (κ2) is 11.3. The first kappa shape index (κ1) is 20.8. The van der Waals surface area contributed by atoms with E-state index >= 15 is 0 Å². The number of amides is 1. The Hall–Kier alpha value is -2.47. The molecule has 0 bridgehead atoms. The van der Waals surface area contributed by atoms with Crippen molar-refractivity contribution in [2.75, 3.05) is 17.2 Å². The van der Waals surface area contributed by atoms with Crippen molar-refractivity contribution in [2.45, 2.75) is 45.9 Å². The maximum Gasteiger partial charge on any atom is 0.407 e. The summed E-state index contributed by atoms with van der Waals surface area (Å²) in [6.07, 6.45) is 4.20. The fourth-order valence-electron chi connectivity index (χ4n) is 2.67. The molecule has 0 radical (unpaired) electrons. The lowest BCUT2D eigenvalue weighted by Gasteiger charge is -2.12. The Kier molecular flexibility index (Phi) is 8.71. The smallest absolute Gasteiger partial charge is 0.407 e. The van der Waals surface area contributed by atoms with Crippen LogP contribution in [0.3, 0.4) is 0 Å². The first-order valence-electron chi connectivity index (χ1n) is 9.34. The van der Waals surface area contributed by atoms with Gasteiger partial charge in [-0.2, -0.15) is 0 Å². The van der Waals surface area contributed by atoms with E-state index in [0.29, 0.717) is 11.7 Å². The number of rotatable bonds is 7. The van der Waals surface area contributed by atoms with E-state index in [1.54, 1.807) is 6.20 Å². The fraction of sp³-hybridized carbons (Fsp3) is 0.400. The van der Waals surface area contributed by atoms with E-state index in [9.17, 15) is 4.79 Å². The number of nitrogens with one attached hydrogen (secondary N) is 3. The number of hydrogen-bond acceptors (Lipinski definition) is 5. The van der Waals surface area contributed by atoms with E-state index in [1.807, 2.05) is 50.2 Å². The Labute approximate surface area is 165 Å². The van der Waals surface area contributed by atoms with Gasteiger partial charge < -0.3 is 20.7 Å². The third-order valence-corrected chi connectivity index (χ3v) is 4.24. The van der Waals surface area contributed by atoms with Gasteiger partial charge in [-0.3, -0.25) is 0 Å². The van der Waals surface area contributed by atoms with Crippen LogP contribution in [-0.2, 0) is 11.3 Å². The molecule has 7 heteroatoms. The SMILES string of the molecule is CC.O=C(NCCCCC1Nc2ccnc(Cl)c2N1)OCc1ccccc1. The van der Waals surface area contributed by atoms with Crippen molar-refractivity contribution in [2.24, 2.45) is 0 Å². The van der Waals surface area contributed by atoms with Crippen molar-refractivity contribution in [1.82, 2.24) is 10.3 Å². The van der Waals surface area contributed by atoms with Gasteiger partial charge in [-0.15, -0.1) is 0 Å². The van der Waals surface area contributed by atoms with Gasteiger partial charge >= 0.3 is 6.09 Å². The molecule has 1 atom stereocenters. The number of halogens is 1. The Morgan fingerprint density at radius 2 is 1.96 bits per heavy atom. The second-order valence-corrected chi connectivity index (χ2v) is 6.21. The molecule has 3 rings (SSSR count). The van der Waals surface area contributed by atoms with Crippen molar-refractivity contribution in [3.63, 3.8) is 0 Å². The minimum Gasteiger partial charge on any atom is -0.445 e. The Morgan fingerprint density at radius 1 is 1.19 bits per heavy atom. The van der Waals surface area contributed by atoms with E-state index in [2.05, 4.69) is 20.9 Å². The highest BCUT2D eigenvalue weighted by Gasteiger charge is 2.21. The summed E-state index contributed by atoms with van der Waals surface area (Å²) >= 11 is 6.05. The van der Waals surface area contributed by atoms with Crippen LogP contribution in [0.15, 0.2) is 42.6 Å². The van der Waals surface area contributed by atoms with Crippen LogP contribution in [0.25, 0.3) is 0 Å². The lowest BCUT2D eigenvalue weighted by molar-refractivity contribution is 0.139. The third-order valence-electron chi connectivity index (χ3n) is 3.95. The summed E-state index contributed by atoms with van der Waals surface area (Å²) in [5, 5.41) is 9.94. The molecule has 0 spiro atoms. The highest BCUT2D eigenvalue weighted by molar-refractivity contribution is 6.32. The van der Waals surface area contributed by atoms with Crippen LogP contribution in [0.2, 0.25) is 5.15 Å². The average molecular weight is 391 g/mol. The quantitative estimate of drug-likeness (QED) is 0.457. The molecule has 0 saturated heterocycles. The number of nitrogens with zero attached hydrogens (tertiary/aromatic N) is 1. The number of pyridine rings is 1. The van der Waals surface area contributed by atoms with Crippen LogP contribution in [-0.4, -0.2) is 23.8 Å². The van der Waals surface area contributed by atoms with Crippen molar-refractivity contribution in [3.8, 4) is 0 Å². The van der Waals surface area contributed by atoms with Gasteiger partial charge in [0.05, 0.1) is 17.5 Å². The zero-order valence-electron chi connectivity index (χ0n) is 15.8. The molecule has 146 valence electrons. The first-order chi connectivity index (χ1) is 13.2. The molecule has 27 heavy (non-hydrogen) atoms. The Morgan fingerprint density at radius 3 is 2.70 bits per heavy atom. The molecule has 0 fully saturated rings. The van der Waals surface area contributed by atoms with Crippen LogP contribution >= 0.6 is 11.6 Å². The van der Waals surface area contributed by atoms with Gasteiger partial charge in [0.25, 0.3) is 0 Å². The van der Waals surface area contributed by atoms with Crippen LogP contribution in [0.5, 0.6) is 0 Å². The number of alkyl carbamates (subject to hydrolysis) is 1. The second-order valence-electron chi connectivity index (χ2n) is 5.85. The minimum absolute atomic E-state index is 0.140. The maximum atomic E-state index is 11.6. The maximum absolute atomic E-state index is 11.6. The lowest BCUT2D eigenvalue weighted by atomic mass is 10.2. The molecule has 1 amide bonds. The standard InChI is InChI=1S/C18H21ClN4O2.C2H6/c19-17-16-14(9-11-20-17)22-15(23-16)8-4-5-10-21-18(24)25-12-13-6-2-1-3-7-13;1-2/h1-3,6-7,9,11,15,22-23H,4-5,8,10,12H2,(H,21,24);1-2H3. The summed E-state index contributed by atoms with van der Waals surface area (Å²) in [7, 11) is 0. The van der Waals surface area contributed by atoms with E-state index in [-0.39, 0.29) is 18.9 Å². The number of carbonyl (C=O) groups excluding carboxylic acids is 1. The molecule has 1 unspecified atom stereocenters. The van der Waals surface area contributed by atoms with Crippen LogP contribution < -0.4 is 16.0 Å². The Bertz CT molecular complexity index is 712. The summed E-state index contributed by atoms with van der Waals surface area (Å²) in [6, 6.07) is 11.5. The summed E-state index contributed by atoms with van der Waals surface area (Å²) in [6.45, 7) is 4.88. The topological polar surface area (TPSA) is 75.3 Å². The highest BCUT2D eigenvalue weighted by Crippen LogP contribution is 2.34. The number of anilines is 2. The van der Waals surface area contributed by atoms with Gasteiger partial charge in [-0.05, 0) is 30.9 Å². The van der Waals surface area contributed by atoms with Gasteiger partial charge in [0.2, 0.25) is 0 Å². The van der Waals surface area contributed by atoms with E-state index in [1.165, 1.54) is 0 Å². The predicted molar refractivity (Wildman–Crippen MR) is 110 cm³/mol. The number of hydrogen-bond donors (Lipinski definition) is 3. The first-order valence-corrected chi connectivity index (χ1v) is 9.72. The highest BCUT2D eigenvalue weighted by atomic mass is 35.5. The van der Waals surface area contributed by atoms with Crippen LogP contribution in [0.1, 0.15) is 38.7 Å². The summed E-state index contributed by atoms with van der Waals surface area (Å²) in [4.78, 5) is 15.7. The normalized spacial score (nSPS) is 14.1. The molecule has 0 aliphatic carbocycles. The monoisotopic (exact) mass is 390 g/mol. The van der Waals surface area contributed by atoms with E-state index in [0.717, 1.165) is 36.2 Å². The summed E-state index contributed by atoms with van der Waals surface area (Å²) < 4.78 is 5.17. The molecule has 3 N–H and O–H groups in total. The minimum atomic E-state index is -0.383.